The second-order valence-corrected chi connectivity index (χ2v) is 4.47. The van der Waals surface area contributed by atoms with E-state index in [1.54, 1.807) is 30.3 Å². The Balaban J connectivity index is 2.13. The van der Waals surface area contributed by atoms with Crippen LogP contribution in [0.15, 0.2) is 42.5 Å². The van der Waals surface area contributed by atoms with Crippen LogP contribution in [0.2, 0.25) is 0 Å². The molecule has 4 N–H and O–H groups in total. The Labute approximate surface area is 116 Å². The number of nitrogens with two attached hydrogens (primary N) is 1. The normalized spacial score (nSPS) is 10.2. The summed E-state index contributed by atoms with van der Waals surface area (Å²) >= 11 is 0. The van der Waals surface area contributed by atoms with Gasteiger partial charge in [0.1, 0.15) is 5.82 Å². The van der Waals surface area contributed by atoms with E-state index in [1.165, 1.54) is 6.07 Å². The largest absolute Gasteiger partial charge is 0.348 e. The summed E-state index contributed by atoms with van der Waals surface area (Å²) in [7, 11) is 0. The summed E-state index contributed by atoms with van der Waals surface area (Å²) in [5.41, 5.74) is 4.83. The third kappa shape index (κ3) is 3.13. The third-order valence-corrected chi connectivity index (χ3v) is 2.97. The Morgan fingerprint density at radius 2 is 2.00 bits per heavy atom. The molecule has 5 heteroatoms. The van der Waals surface area contributed by atoms with Gasteiger partial charge in [0, 0.05) is 12.1 Å². The molecule has 0 aliphatic heterocycles. The molecule has 1 amide bonds. The van der Waals surface area contributed by atoms with E-state index in [2.05, 4.69) is 10.7 Å². The zero-order valence-electron chi connectivity index (χ0n) is 11.1. The molecule has 0 radical (unpaired) electrons. The first-order valence-corrected chi connectivity index (χ1v) is 6.20. The van der Waals surface area contributed by atoms with Crippen LogP contribution in [0, 0.1) is 12.7 Å². The van der Waals surface area contributed by atoms with Crippen molar-refractivity contribution in [3.63, 3.8) is 0 Å². The minimum Gasteiger partial charge on any atom is -0.348 e. The predicted octanol–water partition coefficient (Wildman–Crippen LogP) is 2.35. The number of hydrazine groups is 1. The van der Waals surface area contributed by atoms with E-state index < -0.39 is 0 Å². The van der Waals surface area contributed by atoms with Crippen LogP contribution < -0.4 is 16.6 Å². The van der Waals surface area contributed by atoms with E-state index in [1.807, 2.05) is 13.0 Å². The summed E-state index contributed by atoms with van der Waals surface area (Å²) in [5, 5.41) is 2.68. The Morgan fingerprint density at radius 1 is 1.25 bits per heavy atom. The van der Waals surface area contributed by atoms with Gasteiger partial charge >= 0.3 is 0 Å². The maximum Gasteiger partial charge on any atom is 0.253 e. The molecule has 20 heavy (non-hydrogen) atoms. The van der Waals surface area contributed by atoms with Gasteiger partial charge in [-0.05, 0) is 25.1 Å². The molecular weight excluding hydrogens is 257 g/mol. The molecule has 0 aromatic heterocycles. The molecule has 2 rings (SSSR count). The van der Waals surface area contributed by atoms with Crippen molar-refractivity contribution in [2.24, 2.45) is 5.84 Å². The fraction of sp³-hybridized carbons (Fsp3) is 0.133. The van der Waals surface area contributed by atoms with E-state index >= 15 is 0 Å². The summed E-state index contributed by atoms with van der Waals surface area (Å²) in [4.78, 5) is 12.1. The van der Waals surface area contributed by atoms with Crippen molar-refractivity contribution in [3.05, 3.63) is 65.0 Å². The summed E-state index contributed by atoms with van der Waals surface area (Å²) in [6, 6.07) is 11.6. The van der Waals surface area contributed by atoms with Crippen LogP contribution >= 0.6 is 0 Å². The number of benzene rings is 2. The highest BCUT2D eigenvalue weighted by Gasteiger charge is 2.11. The summed E-state index contributed by atoms with van der Waals surface area (Å²) < 4.78 is 13.5. The van der Waals surface area contributed by atoms with E-state index in [-0.39, 0.29) is 18.3 Å². The maximum atomic E-state index is 13.5. The van der Waals surface area contributed by atoms with Gasteiger partial charge < -0.3 is 10.7 Å². The van der Waals surface area contributed by atoms with Gasteiger partial charge in [-0.25, -0.2) is 4.39 Å². The number of aryl methyl sites for hydroxylation is 1. The Morgan fingerprint density at radius 3 is 2.70 bits per heavy atom. The summed E-state index contributed by atoms with van der Waals surface area (Å²) in [6.45, 7) is 2.01. The summed E-state index contributed by atoms with van der Waals surface area (Å²) in [6.07, 6.45) is 0. The van der Waals surface area contributed by atoms with E-state index in [0.717, 1.165) is 5.56 Å². The molecule has 4 nitrogen and oxygen atoms in total. The van der Waals surface area contributed by atoms with E-state index in [4.69, 9.17) is 5.84 Å². The van der Waals surface area contributed by atoms with Crippen LogP contribution in [0.3, 0.4) is 0 Å². The lowest BCUT2D eigenvalue weighted by Gasteiger charge is -2.11. The van der Waals surface area contributed by atoms with Gasteiger partial charge in [-0.3, -0.25) is 10.6 Å². The molecule has 0 saturated carbocycles. The van der Waals surface area contributed by atoms with Crippen molar-refractivity contribution in [1.82, 2.24) is 5.32 Å². The van der Waals surface area contributed by atoms with Gasteiger partial charge in [0.05, 0.1) is 11.3 Å². The standard InChI is InChI=1S/C15H16FN3O/c1-10-6-7-14(19-17)12(8-10)15(20)18-9-11-4-2-3-5-13(11)16/h2-8,19H,9,17H2,1H3,(H,18,20). The number of nitrogens with one attached hydrogen (secondary N) is 2. The van der Waals surface area contributed by atoms with E-state index in [9.17, 15) is 9.18 Å². The number of carbonyl (C=O) groups excluding carboxylic acids is 1. The van der Waals surface area contributed by atoms with Crippen molar-refractivity contribution >= 4 is 11.6 Å². The molecule has 0 unspecified atom stereocenters. The minimum absolute atomic E-state index is 0.128. The number of halogens is 1. The molecule has 104 valence electrons. The molecule has 0 spiro atoms. The second kappa shape index (κ2) is 6.16. The topological polar surface area (TPSA) is 67.1 Å². The van der Waals surface area contributed by atoms with Crippen LogP contribution in [0.4, 0.5) is 10.1 Å². The van der Waals surface area contributed by atoms with Gasteiger partial charge in [0.15, 0.2) is 0 Å². The average Bonchev–Trinajstić information content (AvgIpc) is 2.46. The first kappa shape index (κ1) is 14.0. The molecule has 2 aromatic rings. The van der Waals surface area contributed by atoms with Crippen LogP contribution in [0.1, 0.15) is 21.5 Å². The van der Waals surface area contributed by atoms with Crippen molar-refractivity contribution < 1.29 is 9.18 Å². The van der Waals surface area contributed by atoms with Crippen molar-refractivity contribution in [2.75, 3.05) is 5.43 Å². The lowest BCUT2D eigenvalue weighted by atomic mass is 10.1. The molecule has 0 heterocycles. The molecule has 0 atom stereocenters. The first-order chi connectivity index (χ1) is 9.61. The fourth-order valence-corrected chi connectivity index (χ4v) is 1.88. The molecule has 0 saturated heterocycles. The Hall–Kier alpha value is -2.40. The molecule has 0 aliphatic carbocycles. The third-order valence-electron chi connectivity index (χ3n) is 2.97. The number of anilines is 1. The quantitative estimate of drug-likeness (QED) is 0.591. The number of rotatable bonds is 4. The van der Waals surface area contributed by atoms with E-state index in [0.29, 0.717) is 16.8 Å². The smallest absolute Gasteiger partial charge is 0.253 e. The average molecular weight is 273 g/mol. The monoisotopic (exact) mass is 273 g/mol. The number of hydrogen-bond donors (Lipinski definition) is 3. The summed E-state index contributed by atoms with van der Waals surface area (Å²) in [5.74, 6) is 4.74. The Bertz CT molecular complexity index is 628. The van der Waals surface area contributed by atoms with Crippen LogP contribution in [-0.2, 0) is 6.54 Å². The number of amides is 1. The van der Waals surface area contributed by atoms with Gasteiger partial charge in [-0.2, -0.15) is 0 Å². The minimum atomic E-state index is -0.339. The van der Waals surface area contributed by atoms with Crippen molar-refractivity contribution in [2.45, 2.75) is 13.5 Å². The molecular formula is C15H16FN3O. The van der Waals surface area contributed by atoms with Gasteiger partial charge in [-0.15, -0.1) is 0 Å². The Kier molecular flexibility index (Phi) is 4.32. The lowest BCUT2D eigenvalue weighted by molar-refractivity contribution is 0.0951. The molecule has 2 aromatic carbocycles. The molecule has 0 aliphatic rings. The number of carbonyl (C=O) groups is 1. The highest BCUT2D eigenvalue weighted by atomic mass is 19.1. The zero-order chi connectivity index (χ0) is 14.5. The highest BCUT2D eigenvalue weighted by molar-refractivity contribution is 5.99. The van der Waals surface area contributed by atoms with Crippen molar-refractivity contribution in [1.29, 1.82) is 0 Å². The zero-order valence-corrected chi connectivity index (χ0v) is 11.1. The van der Waals surface area contributed by atoms with Crippen LogP contribution in [-0.4, -0.2) is 5.91 Å². The number of hydrogen-bond acceptors (Lipinski definition) is 3. The first-order valence-electron chi connectivity index (χ1n) is 6.20. The van der Waals surface area contributed by atoms with Gasteiger partial charge in [-0.1, -0.05) is 29.8 Å². The van der Waals surface area contributed by atoms with Crippen LogP contribution in [0.5, 0.6) is 0 Å². The highest BCUT2D eigenvalue weighted by Crippen LogP contribution is 2.16. The van der Waals surface area contributed by atoms with Gasteiger partial charge in [0.25, 0.3) is 5.91 Å². The second-order valence-electron chi connectivity index (χ2n) is 4.47. The van der Waals surface area contributed by atoms with Gasteiger partial charge in [0.2, 0.25) is 0 Å². The predicted molar refractivity (Wildman–Crippen MR) is 76.6 cm³/mol. The van der Waals surface area contributed by atoms with Crippen LogP contribution in [0.25, 0.3) is 0 Å². The molecule has 0 fully saturated rings. The molecule has 0 bridgehead atoms. The fourth-order valence-electron chi connectivity index (χ4n) is 1.88. The maximum absolute atomic E-state index is 13.5. The SMILES string of the molecule is Cc1ccc(NN)c(C(=O)NCc2ccccc2F)c1. The van der Waals surface area contributed by atoms with Crippen molar-refractivity contribution in [3.8, 4) is 0 Å². The lowest BCUT2D eigenvalue weighted by Crippen LogP contribution is -2.25. The number of nitrogen functional groups attached to an aromatic ring is 1.